The van der Waals surface area contributed by atoms with Crippen molar-refractivity contribution < 1.29 is 63.3 Å². The van der Waals surface area contributed by atoms with Crippen molar-refractivity contribution in [3.05, 3.63) is 5.32 Å². The van der Waals surface area contributed by atoms with Crippen LogP contribution in [0.2, 0.25) is 0 Å². The largest absolute Gasteiger partial charge is 1.00 e. The monoisotopic (exact) mass is 215 g/mol. The van der Waals surface area contributed by atoms with E-state index in [-0.39, 0.29) is 58.2 Å². The maximum atomic E-state index is 7.00. The minimum absolute atomic E-state index is 0. The molecule has 1 N–H and O–H groups in total. The maximum absolute atomic E-state index is 7.00. The Kier molecular flexibility index (Phi) is 15.3. The number of piperidine rings is 1. The molecular weight excluding hydrogens is 200 g/mol. The number of rotatable bonds is 0. The predicted octanol–water partition coefficient (Wildman–Crippen LogP) is -1.60. The number of hydrogen-bond donors (Lipinski definition) is 1. The van der Waals surface area contributed by atoms with Crippen molar-refractivity contribution in [2.75, 3.05) is 20.2 Å². The van der Waals surface area contributed by atoms with Gasteiger partial charge in [-0.15, -0.1) is 13.1 Å². The van der Waals surface area contributed by atoms with E-state index in [1.165, 1.54) is 12.8 Å². The summed E-state index contributed by atoms with van der Waals surface area (Å²) >= 11 is 0. The Morgan fingerprint density at radius 2 is 2.00 bits per heavy atom. The molecule has 1 atom stereocenters. The summed E-state index contributed by atoms with van der Waals surface area (Å²) in [4.78, 5) is 0. The summed E-state index contributed by atoms with van der Waals surface area (Å²) in [5, 5.41) is 11.3. The van der Waals surface area contributed by atoms with Gasteiger partial charge in [-0.3, -0.25) is 0 Å². The summed E-state index contributed by atoms with van der Waals surface area (Å²) in [6.45, 7) is 4.49. The summed E-state index contributed by atoms with van der Waals surface area (Å²) in [5.74, 6) is 0.869. The van der Waals surface area contributed by atoms with Gasteiger partial charge in [0, 0.05) is 7.11 Å². The zero-order valence-corrected chi connectivity index (χ0v) is 12.2. The normalized spacial score (nSPS) is 23.7. The van der Waals surface area contributed by atoms with Crippen LogP contribution in [0.4, 0.5) is 0 Å². The van der Waals surface area contributed by atoms with E-state index in [2.05, 4.69) is 12.2 Å². The van der Waals surface area contributed by atoms with Crippen molar-refractivity contribution in [1.82, 2.24) is 0 Å². The Hall–Kier alpha value is 1.73. The third kappa shape index (κ3) is 7.83. The summed E-state index contributed by atoms with van der Waals surface area (Å²) in [5.41, 5.74) is 0. The van der Waals surface area contributed by atoms with E-state index in [9.17, 15) is 0 Å². The Morgan fingerprint density at radius 1 is 1.40 bits per heavy atom. The van der Waals surface area contributed by atoms with E-state index in [0.29, 0.717) is 0 Å². The first-order valence-corrected chi connectivity index (χ1v) is 3.47. The maximum Gasteiger partial charge on any atom is 1.00 e. The topological polar surface area (TPSA) is 34.3 Å². The average molecular weight is 216 g/mol. The molecule has 0 aromatic carbocycles. The summed E-state index contributed by atoms with van der Waals surface area (Å²) in [6, 6.07) is 0. The van der Waals surface area contributed by atoms with Gasteiger partial charge in [-0.1, -0.05) is 25.7 Å². The van der Waals surface area contributed by atoms with Crippen molar-refractivity contribution >= 4 is 0 Å². The molecule has 0 aromatic heterocycles. The molecule has 1 heterocycles. The van der Waals surface area contributed by atoms with Gasteiger partial charge < -0.3 is 10.4 Å². The van der Waals surface area contributed by atoms with Crippen LogP contribution in [-0.2, 0) is 0 Å². The van der Waals surface area contributed by atoms with E-state index >= 15 is 0 Å². The zero-order valence-electron chi connectivity index (χ0n) is 7.30. The number of nitrogens with zero attached hydrogens (tertiary/aromatic N) is 1. The third-order valence-corrected chi connectivity index (χ3v) is 1.45. The molecule has 1 aliphatic rings. The van der Waals surface area contributed by atoms with E-state index in [0.717, 1.165) is 26.1 Å². The van der Waals surface area contributed by atoms with Crippen molar-refractivity contribution in [2.45, 2.75) is 19.8 Å². The van der Waals surface area contributed by atoms with E-state index < -0.39 is 0 Å². The molecule has 0 saturated carbocycles. The Morgan fingerprint density at radius 3 is 2.20 bits per heavy atom. The van der Waals surface area contributed by atoms with Crippen LogP contribution in [0.1, 0.15) is 19.8 Å². The molecule has 1 unspecified atom stereocenters. The Balaban J connectivity index is 0. The molecule has 10 heavy (non-hydrogen) atoms. The molecule has 1 aliphatic heterocycles. The van der Waals surface area contributed by atoms with Crippen LogP contribution in [-0.4, -0.2) is 25.3 Å². The second-order valence-electron chi connectivity index (χ2n) is 2.38. The van der Waals surface area contributed by atoms with E-state index in [1.54, 1.807) is 0 Å². The van der Waals surface area contributed by atoms with Gasteiger partial charge in [0.2, 0.25) is 0 Å². The zero-order chi connectivity index (χ0) is 7.11. The number of aliphatic hydroxyl groups excluding tert-OH is 1. The van der Waals surface area contributed by atoms with Gasteiger partial charge in [-0.25, -0.2) is 0 Å². The van der Waals surface area contributed by atoms with E-state index in [1.807, 2.05) is 0 Å². The average Bonchev–Trinajstić information content (AvgIpc) is 1.94. The molecule has 1 fully saturated rings. The Labute approximate surface area is 113 Å². The van der Waals surface area contributed by atoms with Crippen molar-refractivity contribution in [2.24, 2.45) is 5.92 Å². The van der Waals surface area contributed by atoms with Crippen molar-refractivity contribution in [3.63, 3.8) is 0 Å². The van der Waals surface area contributed by atoms with E-state index in [4.69, 9.17) is 5.11 Å². The molecule has 1 rings (SSSR count). The summed E-state index contributed by atoms with van der Waals surface area (Å²) < 4.78 is 0. The van der Waals surface area contributed by atoms with Crippen LogP contribution < -0.4 is 58.2 Å². The molecule has 3 heteroatoms. The van der Waals surface area contributed by atoms with Crippen LogP contribution >= 0.6 is 0 Å². The van der Waals surface area contributed by atoms with Crippen molar-refractivity contribution in [3.8, 4) is 0 Å². The molecular formula is C7H16NORb. The van der Waals surface area contributed by atoms with Gasteiger partial charge >= 0.3 is 58.2 Å². The molecule has 0 radical (unpaired) electrons. The summed E-state index contributed by atoms with van der Waals surface area (Å²) in [7, 11) is 1.00. The molecule has 56 valence electrons. The summed E-state index contributed by atoms with van der Waals surface area (Å²) in [6.07, 6.45) is 2.71. The predicted molar refractivity (Wildman–Crippen MR) is 39.6 cm³/mol. The first kappa shape index (κ1) is 14.3. The second-order valence-corrected chi connectivity index (χ2v) is 2.38. The molecule has 0 amide bonds. The Bertz CT molecular complexity index is 55.6. The van der Waals surface area contributed by atoms with Crippen LogP contribution in [0.5, 0.6) is 0 Å². The van der Waals surface area contributed by atoms with Gasteiger partial charge in [0.25, 0.3) is 0 Å². The quantitative estimate of drug-likeness (QED) is 0.519. The van der Waals surface area contributed by atoms with Gasteiger partial charge in [0.15, 0.2) is 0 Å². The van der Waals surface area contributed by atoms with Crippen LogP contribution in [0, 0.1) is 5.92 Å². The number of hydrogen-bond acceptors (Lipinski definition) is 1. The van der Waals surface area contributed by atoms with Gasteiger partial charge in [0.05, 0.1) is 0 Å². The molecule has 1 saturated heterocycles. The third-order valence-electron chi connectivity index (χ3n) is 1.45. The smallest absolute Gasteiger partial charge is 0.662 e. The van der Waals surface area contributed by atoms with Crippen LogP contribution in [0.25, 0.3) is 5.32 Å². The SMILES string of the molecule is CC1CCC[N-]C1.CO.[Rb+]. The molecule has 0 bridgehead atoms. The fourth-order valence-electron chi connectivity index (χ4n) is 0.955. The van der Waals surface area contributed by atoms with Crippen LogP contribution in [0.15, 0.2) is 0 Å². The first-order chi connectivity index (χ1) is 4.39. The minimum atomic E-state index is 0. The molecule has 2 nitrogen and oxygen atoms in total. The standard InChI is InChI=1S/C6H12N.CH4O.Rb/c1-6-3-2-4-7-5-6;1-2;/h6H,2-5H2,1H3;2H,1H3;/q-1;;+1. The molecule has 0 aromatic rings. The first-order valence-electron chi connectivity index (χ1n) is 3.47. The minimum Gasteiger partial charge on any atom is -0.662 e. The molecule has 0 spiro atoms. The fourth-order valence-corrected chi connectivity index (χ4v) is 0.955. The van der Waals surface area contributed by atoms with Crippen molar-refractivity contribution in [1.29, 1.82) is 0 Å². The second kappa shape index (κ2) is 10.7. The fraction of sp³-hybridized carbons (Fsp3) is 1.00. The van der Waals surface area contributed by atoms with Gasteiger partial charge in [0.1, 0.15) is 0 Å². The van der Waals surface area contributed by atoms with Gasteiger partial charge in [-0.05, 0) is 0 Å². The van der Waals surface area contributed by atoms with Crippen LogP contribution in [0.3, 0.4) is 0 Å². The molecule has 0 aliphatic carbocycles. The van der Waals surface area contributed by atoms with Gasteiger partial charge in [-0.2, -0.15) is 0 Å². The number of aliphatic hydroxyl groups is 1.